The van der Waals surface area contributed by atoms with Gasteiger partial charge in [-0.15, -0.1) is 0 Å². The van der Waals surface area contributed by atoms with Gasteiger partial charge in [0.1, 0.15) is 5.75 Å². The summed E-state index contributed by atoms with van der Waals surface area (Å²) in [7, 11) is 0. The van der Waals surface area contributed by atoms with E-state index in [1.165, 1.54) is 16.8 Å². The van der Waals surface area contributed by atoms with Crippen LogP contribution < -0.4 is 4.74 Å². The number of aliphatic hydroxyl groups is 1. The highest BCUT2D eigenvalue weighted by molar-refractivity contribution is 6.31. The summed E-state index contributed by atoms with van der Waals surface area (Å²) in [4.78, 5) is 11.6. The second-order valence-electron chi connectivity index (χ2n) is 8.15. The standard InChI is InChI=1S/C27H21ClO4/c28-21-8-10-22(27(30)31)24(14-21)19-7-9-23-25(13-19)32-15-20(26(23)29)12-16-5-6-17-3-1-2-4-18(17)11-16/h1-11,13-14,20,26,29H,12,15H2,(H,30,31)/t20-,26+/m0/s1. The molecule has 4 aromatic carbocycles. The maximum Gasteiger partial charge on any atom is 0.336 e. The molecule has 2 atom stereocenters. The van der Waals surface area contributed by atoms with Crippen LogP contribution in [0.5, 0.6) is 5.75 Å². The van der Waals surface area contributed by atoms with Crippen molar-refractivity contribution in [3.8, 4) is 16.9 Å². The Labute approximate surface area is 190 Å². The lowest BCUT2D eigenvalue weighted by atomic mass is 9.86. The van der Waals surface area contributed by atoms with Gasteiger partial charge in [-0.1, -0.05) is 66.2 Å². The Morgan fingerprint density at radius 2 is 1.78 bits per heavy atom. The number of ether oxygens (including phenoxy) is 1. The van der Waals surface area contributed by atoms with Gasteiger partial charge in [0.05, 0.1) is 18.3 Å². The van der Waals surface area contributed by atoms with Crippen LogP contribution in [0.2, 0.25) is 5.02 Å². The van der Waals surface area contributed by atoms with Crippen molar-refractivity contribution in [3.63, 3.8) is 0 Å². The number of hydrogen-bond donors (Lipinski definition) is 2. The Morgan fingerprint density at radius 3 is 2.59 bits per heavy atom. The Balaban J connectivity index is 1.42. The molecule has 0 unspecified atom stereocenters. The fourth-order valence-corrected chi connectivity index (χ4v) is 4.57. The Morgan fingerprint density at radius 1 is 0.969 bits per heavy atom. The molecule has 0 saturated heterocycles. The molecule has 1 heterocycles. The molecule has 1 aliphatic heterocycles. The van der Waals surface area contributed by atoms with Crippen molar-refractivity contribution in [2.24, 2.45) is 5.92 Å². The van der Waals surface area contributed by atoms with Gasteiger partial charge in [-0.05, 0) is 58.1 Å². The quantitative estimate of drug-likeness (QED) is 0.396. The minimum absolute atomic E-state index is 0.0738. The lowest BCUT2D eigenvalue weighted by Crippen LogP contribution is -2.27. The first-order valence-corrected chi connectivity index (χ1v) is 10.8. The number of benzene rings is 4. The van der Waals surface area contributed by atoms with Crippen molar-refractivity contribution in [2.75, 3.05) is 6.61 Å². The molecule has 2 N–H and O–H groups in total. The van der Waals surface area contributed by atoms with Crippen LogP contribution in [0, 0.1) is 5.92 Å². The molecule has 0 aromatic heterocycles. The van der Waals surface area contributed by atoms with Crippen LogP contribution in [0.25, 0.3) is 21.9 Å². The maximum atomic E-state index is 11.6. The highest BCUT2D eigenvalue weighted by Gasteiger charge is 2.30. The number of rotatable bonds is 4. The molecule has 1 aliphatic rings. The fraction of sp³-hybridized carbons (Fsp3) is 0.148. The number of carboxylic acid groups (broad SMARTS) is 1. The van der Waals surface area contributed by atoms with Gasteiger partial charge in [-0.3, -0.25) is 0 Å². The molecule has 0 bridgehead atoms. The van der Waals surface area contributed by atoms with E-state index >= 15 is 0 Å². The summed E-state index contributed by atoms with van der Waals surface area (Å²) >= 11 is 6.11. The first kappa shape index (κ1) is 20.6. The first-order chi connectivity index (χ1) is 15.5. The molecule has 5 heteroatoms. The minimum Gasteiger partial charge on any atom is -0.493 e. The topological polar surface area (TPSA) is 66.8 Å². The van der Waals surface area contributed by atoms with Crippen LogP contribution in [0.1, 0.15) is 27.6 Å². The first-order valence-electron chi connectivity index (χ1n) is 10.5. The molecule has 0 amide bonds. The monoisotopic (exact) mass is 444 g/mol. The van der Waals surface area contributed by atoms with E-state index in [1.54, 1.807) is 18.2 Å². The van der Waals surface area contributed by atoms with E-state index in [-0.39, 0.29) is 11.5 Å². The maximum absolute atomic E-state index is 11.6. The molecule has 160 valence electrons. The van der Waals surface area contributed by atoms with E-state index in [9.17, 15) is 15.0 Å². The van der Waals surface area contributed by atoms with Crippen LogP contribution in [0.3, 0.4) is 0 Å². The number of carboxylic acids is 1. The van der Waals surface area contributed by atoms with E-state index < -0.39 is 12.1 Å². The molecular formula is C27H21ClO4. The van der Waals surface area contributed by atoms with E-state index in [0.717, 1.165) is 5.56 Å². The summed E-state index contributed by atoms with van der Waals surface area (Å²) in [5.74, 6) is -0.526. The van der Waals surface area contributed by atoms with Crippen molar-refractivity contribution < 1.29 is 19.7 Å². The summed E-state index contributed by atoms with van der Waals surface area (Å²) in [6, 6.07) is 24.7. The molecule has 0 aliphatic carbocycles. The number of aliphatic hydroxyl groups excluding tert-OH is 1. The van der Waals surface area contributed by atoms with Gasteiger partial charge in [-0.25, -0.2) is 4.79 Å². The number of hydrogen-bond acceptors (Lipinski definition) is 3. The third-order valence-corrected chi connectivity index (χ3v) is 6.30. The van der Waals surface area contributed by atoms with Crippen LogP contribution in [0.4, 0.5) is 0 Å². The van der Waals surface area contributed by atoms with Gasteiger partial charge in [0.25, 0.3) is 0 Å². The van der Waals surface area contributed by atoms with Gasteiger partial charge in [0.2, 0.25) is 0 Å². The van der Waals surface area contributed by atoms with Crippen LogP contribution in [-0.2, 0) is 6.42 Å². The molecule has 0 spiro atoms. The second kappa shape index (κ2) is 8.30. The van der Waals surface area contributed by atoms with Crippen molar-refractivity contribution in [2.45, 2.75) is 12.5 Å². The van der Waals surface area contributed by atoms with Gasteiger partial charge < -0.3 is 14.9 Å². The second-order valence-corrected chi connectivity index (χ2v) is 8.59. The van der Waals surface area contributed by atoms with Gasteiger partial charge >= 0.3 is 5.97 Å². The number of halogens is 1. The number of fused-ring (bicyclic) bond motifs is 2. The Hall–Kier alpha value is -3.34. The smallest absolute Gasteiger partial charge is 0.336 e. The molecule has 5 rings (SSSR count). The average molecular weight is 445 g/mol. The molecule has 4 nitrogen and oxygen atoms in total. The third kappa shape index (κ3) is 3.83. The van der Waals surface area contributed by atoms with Crippen molar-refractivity contribution in [1.29, 1.82) is 0 Å². The van der Waals surface area contributed by atoms with Gasteiger partial charge in [0.15, 0.2) is 0 Å². The third-order valence-electron chi connectivity index (χ3n) is 6.07. The Bertz CT molecular complexity index is 1330. The van der Waals surface area contributed by atoms with E-state index in [1.807, 2.05) is 24.3 Å². The number of aromatic carboxylic acids is 1. The predicted molar refractivity (Wildman–Crippen MR) is 125 cm³/mol. The van der Waals surface area contributed by atoms with E-state index in [0.29, 0.717) is 40.5 Å². The zero-order valence-corrected chi connectivity index (χ0v) is 17.9. The SMILES string of the molecule is O=C(O)c1ccc(Cl)cc1-c1ccc2c(c1)OC[C@H](Cc1ccc3ccccc3c1)[C@H]2O. The molecule has 0 saturated carbocycles. The normalized spacial score (nSPS) is 17.6. The summed E-state index contributed by atoms with van der Waals surface area (Å²) in [6.45, 7) is 0.381. The summed E-state index contributed by atoms with van der Waals surface area (Å²) in [5, 5.41) is 23.4. The largest absolute Gasteiger partial charge is 0.493 e. The Kier molecular flexibility index (Phi) is 5.33. The highest BCUT2D eigenvalue weighted by Crippen LogP contribution is 2.40. The van der Waals surface area contributed by atoms with Crippen LogP contribution in [-0.4, -0.2) is 22.8 Å². The van der Waals surface area contributed by atoms with Crippen molar-refractivity contribution in [1.82, 2.24) is 0 Å². The minimum atomic E-state index is -1.02. The highest BCUT2D eigenvalue weighted by atomic mass is 35.5. The van der Waals surface area contributed by atoms with Crippen molar-refractivity contribution >= 4 is 28.3 Å². The summed E-state index contributed by atoms with van der Waals surface area (Å²) in [6.07, 6.45) is 0.0301. The molecule has 4 aromatic rings. The fourth-order valence-electron chi connectivity index (χ4n) is 4.39. The molecule has 0 fully saturated rings. The lowest BCUT2D eigenvalue weighted by molar-refractivity contribution is 0.0508. The number of carbonyl (C=O) groups is 1. The average Bonchev–Trinajstić information content (AvgIpc) is 2.80. The molecular weight excluding hydrogens is 424 g/mol. The summed E-state index contributed by atoms with van der Waals surface area (Å²) in [5.41, 5.74) is 3.24. The molecule has 32 heavy (non-hydrogen) atoms. The van der Waals surface area contributed by atoms with Crippen LogP contribution >= 0.6 is 11.6 Å². The van der Waals surface area contributed by atoms with Gasteiger partial charge in [-0.2, -0.15) is 0 Å². The van der Waals surface area contributed by atoms with Crippen molar-refractivity contribution in [3.05, 3.63) is 101 Å². The zero-order chi connectivity index (χ0) is 22.2. The van der Waals surface area contributed by atoms with E-state index in [2.05, 4.69) is 30.3 Å². The zero-order valence-electron chi connectivity index (χ0n) is 17.2. The lowest BCUT2D eigenvalue weighted by Gasteiger charge is -2.31. The predicted octanol–water partition coefficient (Wildman–Crippen LogP) is 6.14. The van der Waals surface area contributed by atoms with Gasteiger partial charge in [0, 0.05) is 16.5 Å². The molecule has 0 radical (unpaired) electrons. The van der Waals surface area contributed by atoms with Crippen LogP contribution in [0.15, 0.2) is 78.9 Å². The van der Waals surface area contributed by atoms with E-state index in [4.69, 9.17) is 16.3 Å². The summed E-state index contributed by atoms with van der Waals surface area (Å²) < 4.78 is 6.02.